The van der Waals surface area contributed by atoms with Gasteiger partial charge in [-0.2, -0.15) is 0 Å². The molecule has 2 heterocycles. The average molecular weight is 1010 g/mol. The molecule has 0 spiro atoms. The van der Waals surface area contributed by atoms with Gasteiger partial charge in [0.1, 0.15) is 37.1 Å². The molecular formula is C60H80N6O8. The van der Waals surface area contributed by atoms with E-state index in [1.807, 2.05) is 69.3 Å². The van der Waals surface area contributed by atoms with E-state index in [1.54, 1.807) is 16.8 Å². The van der Waals surface area contributed by atoms with Crippen molar-refractivity contribution in [3.8, 4) is 23.7 Å². The van der Waals surface area contributed by atoms with Crippen LogP contribution in [0.5, 0.6) is 0 Å². The van der Waals surface area contributed by atoms with Gasteiger partial charge in [-0.15, -0.1) is 0 Å². The maximum absolute atomic E-state index is 14.4. The van der Waals surface area contributed by atoms with Crippen LogP contribution in [0.3, 0.4) is 0 Å². The quantitative estimate of drug-likeness (QED) is 0.115. The van der Waals surface area contributed by atoms with Gasteiger partial charge < -0.3 is 40.5 Å². The van der Waals surface area contributed by atoms with Crippen LogP contribution in [0.4, 0.5) is 0 Å². The molecular weight excluding hydrogens is 933 g/mol. The highest BCUT2D eigenvalue weighted by atomic mass is 16.5. The lowest BCUT2D eigenvalue weighted by Gasteiger charge is -2.35. The Hall–Kier alpha value is -5.54. The summed E-state index contributed by atoms with van der Waals surface area (Å²) in [6.07, 6.45) is 13.9. The minimum atomic E-state index is -0.641. The largest absolute Gasteiger partial charge is 0.363 e. The number of likely N-dealkylation sites (N-methyl/N-ethyl adjacent to an activating group) is 1. The molecule has 4 N–H and O–H groups in total. The Morgan fingerprint density at radius 2 is 1.12 bits per heavy atom. The molecule has 1 unspecified atom stereocenters. The molecule has 14 nitrogen and oxygen atoms in total. The second-order valence-corrected chi connectivity index (χ2v) is 21.8. The van der Waals surface area contributed by atoms with E-state index in [-0.39, 0.29) is 91.0 Å². The van der Waals surface area contributed by atoms with Gasteiger partial charge in [-0.25, -0.2) is 0 Å². The number of nitrogens with zero attached hydrogens (tertiary/aromatic N) is 2. The Balaban J connectivity index is 0.858. The zero-order valence-corrected chi connectivity index (χ0v) is 44.3. The minimum Gasteiger partial charge on any atom is -0.363 e. The predicted octanol–water partition coefficient (Wildman–Crippen LogP) is 6.45. The van der Waals surface area contributed by atoms with Crippen molar-refractivity contribution < 1.29 is 38.2 Å². The normalized spacial score (nSPS) is 25.2. The number of hydrogen-bond donors (Lipinski definition) is 4. The van der Waals surface area contributed by atoms with E-state index in [9.17, 15) is 28.8 Å². The van der Waals surface area contributed by atoms with Crippen LogP contribution in [0.25, 0.3) is 0 Å². The molecule has 8 rings (SSSR count). The van der Waals surface area contributed by atoms with Gasteiger partial charge in [-0.3, -0.25) is 28.8 Å². The summed E-state index contributed by atoms with van der Waals surface area (Å²) in [6, 6.07) is 12.9. The number of rotatable bonds is 19. The van der Waals surface area contributed by atoms with Crippen molar-refractivity contribution >= 4 is 35.3 Å². The van der Waals surface area contributed by atoms with Crippen molar-refractivity contribution in [1.29, 1.82) is 0 Å². The van der Waals surface area contributed by atoms with Crippen LogP contribution in [0.15, 0.2) is 48.5 Å². The predicted molar refractivity (Wildman–Crippen MR) is 283 cm³/mol. The van der Waals surface area contributed by atoms with Crippen molar-refractivity contribution in [2.75, 3.05) is 33.4 Å². The lowest BCUT2D eigenvalue weighted by molar-refractivity contribution is -0.145. The van der Waals surface area contributed by atoms with Gasteiger partial charge in [0, 0.05) is 44.2 Å². The van der Waals surface area contributed by atoms with E-state index >= 15 is 0 Å². The number of amides is 5. The Morgan fingerprint density at radius 1 is 0.635 bits per heavy atom. The Labute approximate surface area is 439 Å². The molecule has 2 aromatic carbocycles. The van der Waals surface area contributed by atoms with Crippen molar-refractivity contribution in [1.82, 2.24) is 31.1 Å². The molecule has 398 valence electrons. The zero-order chi connectivity index (χ0) is 52.1. The molecule has 2 aromatic rings. The van der Waals surface area contributed by atoms with Gasteiger partial charge in [0.05, 0.1) is 30.3 Å². The van der Waals surface area contributed by atoms with Gasteiger partial charge >= 0.3 is 0 Å². The fraction of sp³-hybridized carbons (Fsp3) is 0.633. The van der Waals surface area contributed by atoms with Gasteiger partial charge in [-0.05, 0) is 118 Å². The molecule has 2 saturated carbocycles. The van der Waals surface area contributed by atoms with Gasteiger partial charge in [0.15, 0.2) is 0 Å². The molecule has 2 saturated heterocycles. The van der Waals surface area contributed by atoms with E-state index in [1.165, 1.54) is 0 Å². The highest BCUT2D eigenvalue weighted by molar-refractivity contribution is 5.94. The molecule has 4 fully saturated rings. The number of ether oxygens (including phenoxy) is 2. The van der Waals surface area contributed by atoms with E-state index in [4.69, 9.17) is 9.47 Å². The second kappa shape index (κ2) is 26.3. The lowest BCUT2D eigenvalue weighted by Crippen LogP contribution is -2.57. The van der Waals surface area contributed by atoms with E-state index in [0.717, 1.165) is 92.9 Å². The lowest BCUT2D eigenvalue weighted by atomic mass is 9.76. The number of nitrogens with one attached hydrogen (secondary N) is 4. The van der Waals surface area contributed by atoms with Crippen LogP contribution >= 0.6 is 0 Å². The third kappa shape index (κ3) is 13.1. The maximum atomic E-state index is 14.4. The summed E-state index contributed by atoms with van der Waals surface area (Å²) in [6.45, 7) is 6.84. The first-order valence-electron chi connectivity index (χ1n) is 28.0. The topological polar surface area (TPSA) is 175 Å². The molecule has 74 heavy (non-hydrogen) atoms. The van der Waals surface area contributed by atoms with Crippen LogP contribution in [-0.4, -0.2) is 115 Å². The molecule has 2 aliphatic heterocycles. The maximum Gasteiger partial charge on any atom is 0.246 e. The Bertz CT molecular complexity index is 2280. The van der Waals surface area contributed by atoms with Crippen LogP contribution in [0, 0.1) is 47.4 Å². The summed E-state index contributed by atoms with van der Waals surface area (Å²) < 4.78 is 12.7. The highest BCUT2D eigenvalue weighted by Crippen LogP contribution is 2.38. The molecule has 0 radical (unpaired) electrons. The molecule has 4 aliphatic carbocycles. The van der Waals surface area contributed by atoms with Crippen LogP contribution in [-0.2, 0) is 51.1 Å². The first-order chi connectivity index (χ1) is 36.0. The van der Waals surface area contributed by atoms with Crippen molar-refractivity contribution in [2.24, 2.45) is 23.7 Å². The number of carbonyl (C=O) groups excluding carboxylic acids is 6. The number of benzene rings is 2. The summed E-state index contributed by atoms with van der Waals surface area (Å²) in [4.78, 5) is 87.0. The molecule has 0 aromatic heterocycles. The number of carbonyl (C=O) groups is 6. The SMILES string of the molecule is CC[C@@H](C)C(=O)N[C@H](C(=O)N1CCC[C@H]1C(=O)N[C@H]1c2ccccc2C[C@H]1OCC#CC#CCOC1Cc2ccccc2[C@@H]1NC(=O)[C@@H]1CCCN1C(=O)[C@@H](CC(=O)[C@H](C)NC)C1CCCCC1)C1CCCCC1. The molecule has 0 bridgehead atoms. The number of fused-ring (bicyclic) bond motifs is 2. The van der Waals surface area contributed by atoms with Crippen LogP contribution in [0.2, 0.25) is 0 Å². The summed E-state index contributed by atoms with van der Waals surface area (Å²) in [5.74, 6) is 10.7. The fourth-order valence-electron chi connectivity index (χ4n) is 12.6. The Morgan fingerprint density at radius 3 is 1.62 bits per heavy atom. The van der Waals surface area contributed by atoms with Gasteiger partial charge in [-0.1, -0.05) is 113 Å². The summed E-state index contributed by atoms with van der Waals surface area (Å²) in [7, 11) is 1.76. The first kappa shape index (κ1) is 54.7. The van der Waals surface area contributed by atoms with Crippen molar-refractivity contribution in [3.05, 3.63) is 70.8 Å². The minimum absolute atomic E-state index is 0.0285. The number of hydrogen-bond acceptors (Lipinski definition) is 9. The van der Waals surface area contributed by atoms with E-state index < -0.39 is 36.1 Å². The van der Waals surface area contributed by atoms with Crippen molar-refractivity contribution in [3.63, 3.8) is 0 Å². The first-order valence-corrected chi connectivity index (χ1v) is 28.0. The second-order valence-electron chi connectivity index (χ2n) is 21.8. The summed E-state index contributed by atoms with van der Waals surface area (Å²) in [5.41, 5.74) is 4.14. The van der Waals surface area contributed by atoms with Gasteiger partial charge in [0.2, 0.25) is 29.5 Å². The highest BCUT2D eigenvalue weighted by Gasteiger charge is 2.45. The Kier molecular flexibility index (Phi) is 19.4. The standard InChI is InChI=1S/C60H80N6O8/c1-5-39(2)56(68)62-53(42-24-12-9-13-25-42)60(72)66-33-21-31-49(66)58(70)64-55-46-29-17-15-27-44(46)37-52(55)74-35-19-7-6-18-34-73-51-36-43-26-14-16-28-45(43)54(51)63-57(69)48-30-20-32-65(48)59(71)47(38-50(67)40(3)61-4)41-22-10-8-11-23-41/h14-17,26-29,39-42,47-49,51-55,61H,5,8-13,20-25,30-38H2,1-4H3,(H,62,68)(H,63,69)(H,64,70)/t39-,40+,47+,48+,49+,51?,52-,53+,54+,55+/m1/s1. The smallest absolute Gasteiger partial charge is 0.246 e. The molecule has 5 amide bonds. The molecule has 6 aliphatic rings. The van der Waals surface area contributed by atoms with Crippen LogP contribution in [0.1, 0.15) is 158 Å². The molecule has 10 atom stereocenters. The monoisotopic (exact) mass is 1010 g/mol. The third-order valence-corrected chi connectivity index (χ3v) is 17.2. The number of Topliss-reactive ketones (excluding diaryl/α,β-unsaturated/α-hetero) is 1. The fourth-order valence-corrected chi connectivity index (χ4v) is 12.6. The summed E-state index contributed by atoms with van der Waals surface area (Å²) in [5, 5.41) is 12.7. The van der Waals surface area contributed by atoms with Crippen LogP contribution < -0.4 is 21.3 Å². The average Bonchev–Trinajstić information content (AvgIpc) is 4.26. The number of ketones is 1. The van der Waals surface area contributed by atoms with Crippen molar-refractivity contribution in [2.45, 2.75) is 185 Å². The molecule has 14 heteroatoms. The summed E-state index contributed by atoms with van der Waals surface area (Å²) >= 11 is 0. The third-order valence-electron chi connectivity index (χ3n) is 17.2. The number of likely N-dealkylation sites (tertiary alicyclic amines) is 2. The van der Waals surface area contributed by atoms with Gasteiger partial charge in [0.25, 0.3) is 0 Å². The van der Waals surface area contributed by atoms with E-state index in [2.05, 4.69) is 44.9 Å². The zero-order valence-electron chi connectivity index (χ0n) is 44.3. The van der Waals surface area contributed by atoms with E-state index in [0.29, 0.717) is 51.6 Å².